The van der Waals surface area contributed by atoms with Crippen LogP contribution in [0, 0.1) is 0 Å². The Bertz CT molecular complexity index is 630. The van der Waals surface area contributed by atoms with E-state index in [1.807, 2.05) is 0 Å². The van der Waals surface area contributed by atoms with Crippen molar-refractivity contribution in [2.75, 3.05) is 27.9 Å². The SMILES string of the molecule is COC(=O)NC(CN1Cc2ccc(OC)cc2C1=O)C(=O)OC. The highest BCUT2D eigenvalue weighted by atomic mass is 16.5. The van der Waals surface area contributed by atoms with Gasteiger partial charge in [-0.05, 0) is 17.7 Å². The minimum absolute atomic E-state index is 0.0163. The number of hydrogen-bond donors (Lipinski definition) is 1. The van der Waals surface area contributed by atoms with Crippen LogP contribution in [0.5, 0.6) is 5.75 Å². The smallest absolute Gasteiger partial charge is 0.407 e. The number of carbonyl (C=O) groups excluding carboxylic acids is 3. The molecule has 1 heterocycles. The molecule has 1 aromatic rings. The van der Waals surface area contributed by atoms with Crippen LogP contribution in [0.15, 0.2) is 18.2 Å². The highest BCUT2D eigenvalue weighted by molar-refractivity contribution is 5.99. The summed E-state index contributed by atoms with van der Waals surface area (Å²) in [6.07, 6.45) is -0.772. The Morgan fingerprint density at radius 2 is 2.00 bits per heavy atom. The molecular formula is C15H18N2O6. The number of benzene rings is 1. The number of carbonyl (C=O) groups is 3. The summed E-state index contributed by atoms with van der Waals surface area (Å²) in [7, 11) is 3.92. The van der Waals surface area contributed by atoms with Crippen LogP contribution in [0.2, 0.25) is 0 Å². The average Bonchev–Trinajstić information content (AvgIpc) is 2.88. The van der Waals surface area contributed by atoms with Crippen LogP contribution in [0.1, 0.15) is 15.9 Å². The summed E-state index contributed by atoms with van der Waals surface area (Å²) in [4.78, 5) is 37.0. The summed E-state index contributed by atoms with van der Waals surface area (Å²) in [6.45, 7) is 0.326. The van der Waals surface area contributed by atoms with Crippen molar-refractivity contribution >= 4 is 18.0 Å². The number of amides is 2. The molecule has 1 aromatic carbocycles. The molecule has 0 spiro atoms. The van der Waals surface area contributed by atoms with Gasteiger partial charge in [-0.1, -0.05) is 6.07 Å². The molecule has 0 fully saturated rings. The summed E-state index contributed by atoms with van der Waals surface area (Å²) < 4.78 is 14.2. The molecule has 1 aliphatic rings. The second-order valence-corrected chi connectivity index (χ2v) is 4.92. The first-order valence-corrected chi connectivity index (χ1v) is 6.88. The number of methoxy groups -OCH3 is 3. The molecule has 0 saturated carbocycles. The molecule has 1 aliphatic heterocycles. The number of alkyl carbamates (subject to hydrolysis) is 1. The highest BCUT2D eigenvalue weighted by Gasteiger charge is 2.33. The first-order chi connectivity index (χ1) is 11.0. The van der Waals surface area contributed by atoms with Crippen molar-refractivity contribution < 1.29 is 28.6 Å². The van der Waals surface area contributed by atoms with Gasteiger partial charge < -0.3 is 24.4 Å². The lowest BCUT2D eigenvalue weighted by Crippen LogP contribution is -2.49. The summed E-state index contributed by atoms with van der Waals surface area (Å²) in [5.74, 6) is -0.313. The van der Waals surface area contributed by atoms with Crippen molar-refractivity contribution in [2.24, 2.45) is 0 Å². The normalized spacial score (nSPS) is 14.0. The van der Waals surface area contributed by atoms with Gasteiger partial charge in [0, 0.05) is 12.1 Å². The Morgan fingerprint density at radius 3 is 2.61 bits per heavy atom. The number of fused-ring (bicyclic) bond motifs is 1. The van der Waals surface area contributed by atoms with E-state index in [1.54, 1.807) is 18.2 Å². The maximum Gasteiger partial charge on any atom is 0.407 e. The molecule has 0 aliphatic carbocycles. The fourth-order valence-corrected chi connectivity index (χ4v) is 2.36. The first kappa shape index (κ1) is 16.6. The van der Waals surface area contributed by atoms with Crippen LogP contribution in [0.25, 0.3) is 0 Å². The van der Waals surface area contributed by atoms with Gasteiger partial charge in [-0.2, -0.15) is 0 Å². The summed E-state index contributed by atoms with van der Waals surface area (Å²) in [5.41, 5.74) is 1.35. The number of esters is 1. The zero-order valence-electron chi connectivity index (χ0n) is 13.1. The van der Waals surface area contributed by atoms with Crippen LogP contribution in [-0.4, -0.2) is 56.8 Å². The minimum Gasteiger partial charge on any atom is -0.497 e. The van der Waals surface area contributed by atoms with Gasteiger partial charge in [0.15, 0.2) is 0 Å². The largest absolute Gasteiger partial charge is 0.497 e. The lowest BCUT2D eigenvalue weighted by molar-refractivity contribution is -0.143. The fraction of sp³-hybridized carbons (Fsp3) is 0.400. The van der Waals surface area contributed by atoms with E-state index < -0.39 is 18.1 Å². The Hall–Kier alpha value is -2.77. The van der Waals surface area contributed by atoms with Crippen LogP contribution in [0.4, 0.5) is 4.79 Å². The van der Waals surface area contributed by atoms with E-state index in [1.165, 1.54) is 26.2 Å². The fourth-order valence-electron chi connectivity index (χ4n) is 2.36. The molecule has 1 N–H and O–H groups in total. The van der Waals surface area contributed by atoms with Gasteiger partial charge in [0.1, 0.15) is 11.8 Å². The van der Waals surface area contributed by atoms with Gasteiger partial charge in [-0.3, -0.25) is 4.79 Å². The molecule has 0 bridgehead atoms. The van der Waals surface area contributed by atoms with Crippen molar-refractivity contribution in [1.82, 2.24) is 10.2 Å². The molecule has 23 heavy (non-hydrogen) atoms. The van der Waals surface area contributed by atoms with E-state index in [0.717, 1.165) is 5.56 Å². The lowest BCUT2D eigenvalue weighted by Gasteiger charge is -2.22. The second kappa shape index (κ2) is 6.99. The highest BCUT2D eigenvalue weighted by Crippen LogP contribution is 2.26. The number of hydrogen-bond acceptors (Lipinski definition) is 6. The van der Waals surface area contributed by atoms with Crippen molar-refractivity contribution in [3.05, 3.63) is 29.3 Å². The average molecular weight is 322 g/mol. The Kier molecular flexibility index (Phi) is 5.05. The molecule has 2 rings (SSSR count). The zero-order valence-corrected chi connectivity index (χ0v) is 13.1. The molecular weight excluding hydrogens is 304 g/mol. The van der Waals surface area contributed by atoms with E-state index in [4.69, 9.17) is 4.74 Å². The Balaban J connectivity index is 2.14. The van der Waals surface area contributed by atoms with Gasteiger partial charge in [0.2, 0.25) is 0 Å². The number of ether oxygens (including phenoxy) is 3. The Labute approximate surface area is 133 Å². The van der Waals surface area contributed by atoms with E-state index in [9.17, 15) is 14.4 Å². The molecule has 2 amide bonds. The van der Waals surface area contributed by atoms with Gasteiger partial charge in [-0.25, -0.2) is 9.59 Å². The predicted molar refractivity (Wildman–Crippen MR) is 79.1 cm³/mol. The molecule has 124 valence electrons. The van der Waals surface area contributed by atoms with Crippen LogP contribution in [0.3, 0.4) is 0 Å². The van der Waals surface area contributed by atoms with Crippen molar-refractivity contribution in [3.8, 4) is 5.75 Å². The number of rotatable bonds is 5. The maximum atomic E-state index is 12.4. The molecule has 0 saturated heterocycles. The standard InChI is InChI=1S/C15H18N2O6/c1-21-10-5-4-9-7-17(13(18)11(9)6-10)8-12(14(19)22-2)16-15(20)23-3/h4-6,12H,7-8H2,1-3H3,(H,16,20). The van der Waals surface area contributed by atoms with E-state index in [2.05, 4.69) is 14.8 Å². The zero-order chi connectivity index (χ0) is 17.0. The van der Waals surface area contributed by atoms with Gasteiger partial charge >= 0.3 is 12.1 Å². The molecule has 8 heteroatoms. The summed E-state index contributed by atoms with van der Waals surface area (Å²) in [6, 6.07) is 4.21. The number of nitrogens with zero attached hydrogens (tertiary/aromatic N) is 1. The minimum atomic E-state index is -1.01. The van der Waals surface area contributed by atoms with Crippen molar-refractivity contribution in [3.63, 3.8) is 0 Å². The van der Waals surface area contributed by atoms with Crippen LogP contribution >= 0.6 is 0 Å². The second-order valence-electron chi connectivity index (χ2n) is 4.92. The van der Waals surface area contributed by atoms with E-state index in [0.29, 0.717) is 17.9 Å². The third-order valence-electron chi connectivity index (χ3n) is 3.56. The topological polar surface area (TPSA) is 94.2 Å². The molecule has 0 radical (unpaired) electrons. The maximum absolute atomic E-state index is 12.4. The van der Waals surface area contributed by atoms with Gasteiger partial charge in [0.05, 0.1) is 27.9 Å². The van der Waals surface area contributed by atoms with Crippen molar-refractivity contribution in [1.29, 1.82) is 0 Å². The molecule has 0 aromatic heterocycles. The van der Waals surface area contributed by atoms with E-state index in [-0.39, 0.29) is 12.5 Å². The lowest BCUT2D eigenvalue weighted by atomic mass is 10.1. The van der Waals surface area contributed by atoms with Crippen LogP contribution < -0.4 is 10.1 Å². The third kappa shape index (κ3) is 3.53. The summed E-state index contributed by atoms with van der Waals surface area (Å²) in [5, 5.41) is 2.36. The van der Waals surface area contributed by atoms with Gasteiger partial charge in [-0.15, -0.1) is 0 Å². The monoisotopic (exact) mass is 322 g/mol. The summed E-state index contributed by atoms with van der Waals surface area (Å²) >= 11 is 0. The third-order valence-corrected chi connectivity index (χ3v) is 3.56. The van der Waals surface area contributed by atoms with Crippen LogP contribution in [-0.2, 0) is 20.8 Å². The molecule has 1 atom stereocenters. The van der Waals surface area contributed by atoms with Gasteiger partial charge in [0.25, 0.3) is 5.91 Å². The first-order valence-electron chi connectivity index (χ1n) is 6.88. The predicted octanol–water partition coefficient (Wildman–Crippen LogP) is 0.549. The molecule has 1 unspecified atom stereocenters. The van der Waals surface area contributed by atoms with Crippen molar-refractivity contribution in [2.45, 2.75) is 12.6 Å². The molecule has 8 nitrogen and oxygen atoms in total. The quantitative estimate of drug-likeness (QED) is 0.796. The Morgan fingerprint density at radius 1 is 1.26 bits per heavy atom. The number of nitrogens with one attached hydrogen (secondary N) is 1. The van der Waals surface area contributed by atoms with E-state index >= 15 is 0 Å².